The fraction of sp³-hybridized carbons (Fsp3) is 0.167. The van der Waals surface area contributed by atoms with Crippen LogP contribution < -0.4 is 10.1 Å². The van der Waals surface area contributed by atoms with Crippen LogP contribution in [-0.4, -0.2) is 52.2 Å². The molecule has 1 aromatic carbocycles. The van der Waals surface area contributed by atoms with E-state index in [1.165, 1.54) is 37.4 Å². The summed E-state index contributed by atoms with van der Waals surface area (Å²) in [6.07, 6.45) is 4.04. The fourth-order valence-corrected chi connectivity index (χ4v) is 3.24. The molecule has 0 atom stereocenters. The van der Waals surface area contributed by atoms with Crippen molar-refractivity contribution in [1.82, 2.24) is 15.1 Å². The molecular formula is C18H16N6O6S. The van der Waals surface area contributed by atoms with Crippen LogP contribution in [0.15, 0.2) is 51.6 Å². The zero-order valence-corrected chi connectivity index (χ0v) is 17.2. The Kier molecular flexibility index (Phi) is 6.77. The summed E-state index contributed by atoms with van der Waals surface area (Å²) >= 11 is 0.962. The van der Waals surface area contributed by atoms with Crippen LogP contribution in [0.3, 0.4) is 0 Å². The number of thioether (sulfide) groups is 1. The highest BCUT2D eigenvalue weighted by molar-refractivity contribution is 8.18. The summed E-state index contributed by atoms with van der Waals surface area (Å²) in [5, 5.41) is 25.3. The lowest BCUT2D eigenvalue weighted by molar-refractivity contribution is -0.389. The van der Waals surface area contributed by atoms with Crippen molar-refractivity contribution in [3.8, 4) is 5.75 Å². The number of esters is 1. The SMILES string of the molecule is COC(=O)/C=C1/S/C(=N\N=Cc2ccc(OC)c(Cn3ccc([N+](=O)[O-])n3)c2)NC1=O. The molecule has 160 valence electrons. The second-order valence-electron chi connectivity index (χ2n) is 5.94. The van der Waals surface area contributed by atoms with Crippen molar-refractivity contribution in [2.75, 3.05) is 14.2 Å². The summed E-state index contributed by atoms with van der Waals surface area (Å²) in [4.78, 5) is 33.4. The van der Waals surface area contributed by atoms with Crippen LogP contribution in [0.2, 0.25) is 0 Å². The van der Waals surface area contributed by atoms with Gasteiger partial charge in [0.2, 0.25) is 0 Å². The van der Waals surface area contributed by atoms with Crippen LogP contribution in [0, 0.1) is 10.1 Å². The van der Waals surface area contributed by atoms with Crippen LogP contribution in [-0.2, 0) is 20.9 Å². The first-order valence-electron chi connectivity index (χ1n) is 8.64. The minimum Gasteiger partial charge on any atom is -0.496 e. The Morgan fingerprint density at radius 1 is 1.39 bits per heavy atom. The van der Waals surface area contributed by atoms with E-state index in [4.69, 9.17) is 4.74 Å². The summed E-state index contributed by atoms with van der Waals surface area (Å²) in [7, 11) is 2.73. The van der Waals surface area contributed by atoms with E-state index in [1.807, 2.05) is 0 Å². The first kappa shape index (κ1) is 21.7. The number of carbonyl (C=O) groups excluding carboxylic acids is 2. The topological polar surface area (TPSA) is 150 Å². The van der Waals surface area contributed by atoms with Gasteiger partial charge in [-0.1, -0.05) is 0 Å². The van der Waals surface area contributed by atoms with Gasteiger partial charge < -0.3 is 19.6 Å². The van der Waals surface area contributed by atoms with Crippen LogP contribution in [0.25, 0.3) is 0 Å². The van der Waals surface area contributed by atoms with Crippen molar-refractivity contribution < 1.29 is 24.0 Å². The molecule has 2 aromatic rings. The van der Waals surface area contributed by atoms with Gasteiger partial charge in [0.1, 0.15) is 5.75 Å². The van der Waals surface area contributed by atoms with Gasteiger partial charge in [0.05, 0.1) is 49.2 Å². The second-order valence-corrected chi connectivity index (χ2v) is 6.97. The van der Waals surface area contributed by atoms with Gasteiger partial charge in [0.15, 0.2) is 5.17 Å². The van der Waals surface area contributed by atoms with Crippen LogP contribution in [0.5, 0.6) is 5.75 Å². The van der Waals surface area contributed by atoms with Gasteiger partial charge in [-0.3, -0.25) is 10.1 Å². The smallest absolute Gasteiger partial charge is 0.389 e. The summed E-state index contributed by atoms with van der Waals surface area (Å²) in [6, 6.07) is 6.56. The molecule has 1 fully saturated rings. The predicted molar refractivity (Wildman–Crippen MR) is 112 cm³/mol. The molecule has 3 rings (SSSR count). The molecule has 0 unspecified atom stereocenters. The number of rotatable bonds is 7. The number of nitrogens with zero attached hydrogens (tertiary/aromatic N) is 5. The van der Waals surface area contributed by atoms with E-state index in [-0.39, 0.29) is 22.4 Å². The second kappa shape index (κ2) is 9.67. The fourth-order valence-electron chi connectivity index (χ4n) is 2.50. The number of nitro groups is 1. The maximum absolute atomic E-state index is 11.8. The highest BCUT2D eigenvalue weighted by Crippen LogP contribution is 2.24. The average molecular weight is 444 g/mol. The monoisotopic (exact) mass is 444 g/mol. The molecule has 0 bridgehead atoms. The number of aromatic nitrogens is 2. The van der Waals surface area contributed by atoms with E-state index < -0.39 is 16.8 Å². The number of benzene rings is 1. The summed E-state index contributed by atoms with van der Waals surface area (Å²) in [6.45, 7) is 0.251. The van der Waals surface area contributed by atoms with Gasteiger partial charge >= 0.3 is 11.8 Å². The molecule has 2 heterocycles. The third-order valence-electron chi connectivity index (χ3n) is 3.91. The molecule has 1 aliphatic rings. The minimum absolute atomic E-state index is 0.154. The van der Waals surface area contributed by atoms with Gasteiger partial charge in [0.25, 0.3) is 5.91 Å². The van der Waals surface area contributed by atoms with Gasteiger partial charge in [-0.15, -0.1) is 5.10 Å². The number of ether oxygens (including phenoxy) is 2. The number of hydrogen-bond acceptors (Lipinski definition) is 10. The van der Waals surface area contributed by atoms with Crippen LogP contribution in [0.1, 0.15) is 11.1 Å². The van der Waals surface area contributed by atoms with E-state index in [0.29, 0.717) is 11.3 Å². The van der Waals surface area contributed by atoms with Gasteiger partial charge in [0, 0.05) is 11.6 Å². The Morgan fingerprint density at radius 2 is 2.19 bits per heavy atom. The standard InChI is InChI=1S/C18H16N6O6S/c1-29-13-4-3-11(7-12(13)10-23-6-5-15(22-23)24(27)28)9-19-21-18-20-17(26)14(31-18)8-16(25)30-2/h3-9H,10H2,1-2H3,(H,20,21,26)/b14-8+,19-9?. The third kappa shape index (κ3) is 5.54. The largest absolute Gasteiger partial charge is 0.496 e. The lowest BCUT2D eigenvalue weighted by atomic mass is 10.1. The van der Waals surface area contributed by atoms with Crippen molar-refractivity contribution in [2.24, 2.45) is 10.2 Å². The number of methoxy groups -OCH3 is 2. The number of amides is 1. The lowest BCUT2D eigenvalue weighted by Gasteiger charge is -2.08. The van der Waals surface area contributed by atoms with Crippen LogP contribution >= 0.6 is 11.8 Å². The van der Waals surface area contributed by atoms with Crippen molar-refractivity contribution in [3.05, 3.63) is 62.7 Å². The Morgan fingerprint density at radius 3 is 2.87 bits per heavy atom. The minimum atomic E-state index is -0.643. The number of amidine groups is 1. The zero-order valence-electron chi connectivity index (χ0n) is 16.3. The maximum Gasteiger partial charge on any atom is 0.389 e. The molecule has 1 aliphatic heterocycles. The third-order valence-corrected chi connectivity index (χ3v) is 4.81. The molecule has 0 spiro atoms. The average Bonchev–Trinajstić information content (AvgIpc) is 3.35. The summed E-state index contributed by atoms with van der Waals surface area (Å²) < 4.78 is 11.3. The Bertz CT molecular complexity index is 1120. The van der Waals surface area contributed by atoms with Crippen molar-refractivity contribution in [1.29, 1.82) is 0 Å². The molecule has 1 amide bonds. The Labute approximate surface area is 179 Å². The van der Waals surface area contributed by atoms with Gasteiger partial charge in [-0.05, 0) is 40.4 Å². The quantitative estimate of drug-likeness (QED) is 0.222. The molecule has 31 heavy (non-hydrogen) atoms. The van der Waals surface area contributed by atoms with E-state index in [1.54, 1.807) is 18.2 Å². The number of hydrogen-bond donors (Lipinski definition) is 1. The van der Waals surface area contributed by atoms with Crippen molar-refractivity contribution in [3.63, 3.8) is 0 Å². The molecule has 0 aliphatic carbocycles. The normalized spacial score (nSPS) is 16.1. The van der Waals surface area contributed by atoms with E-state index in [2.05, 4.69) is 25.4 Å². The molecule has 0 radical (unpaired) electrons. The van der Waals surface area contributed by atoms with Crippen molar-refractivity contribution in [2.45, 2.75) is 6.54 Å². The van der Waals surface area contributed by atoms with E-state index in [9.17, 15) is 19.7 Å². The van der Waals surface area contributed by atoms with Gasteiger partial charge in [-0.25, -0.2) is 4.79 Å². The Balaban J connectivity index is 1.74. The molecular weight excluding hydrogens is 428 g/mol. The maximum atomic E-state index is 11.8. The summed E-state index contributed by atoms with van der Waals surface area (Å²) in [5.41, 5.74) is 1.41. The Hall–Kier alpha value is -4.00. The zero-order chi connectivity index (χ0) is 22.4. The molecule has 0 saturated carbocycles. The number of carbonyl (C=O) groups is 2. The highest BCUT2D eigenvalue weighted by atomic mass is 32.2. The molecule has 1 saturated heterocycles. The van der Waals surface area contributed by atoms with E-state index >= 15 is 0 Å². The molecule has 1 aromatic heterocycles. The summed E-state index contributed by atoms with van der Waals surface area (Å²) in [5.74, 6) is -0.776. The van der Waals surface area contributed by atoms with Gasteiger partial charge in [-0.2, -0.15) is 9.78 Å². The van der Waals surface area contributed by atoms with Crippen molar-refractivity contribution >= 4 is 40.8 Å². The lowest BCUT2D eigenvalue weighted by Crippen LogP contribution is -2.19. The highest BCUT2D eigenvalue weighted by Gasteiger charge is 2.25. The van der Waals surface area contributed by atoms with E-state index in [0.717, 1.165) is 23.4 Å². The molecule has 13 heteroatoms. The number of nitrogens with one attached hydrogen (secondary N) is 1. The first-order valence-corrected chi connectivity index (χ1v) is 9.46. The molecule has 12 nitrogen and oxygen atoms in total. The molecule has 1 N–H and O–H groups in total. The van der Waals surface area contributed by atoms with Crippen LogP contribution in [0.4, 0.5) is 5.82 Å². The predicted octanol–water partition coefficient (Wildman–Crippen LogP) is 1.46. The first-order chi connectivity index (χ1) is 14.9.